The predicted octanol–water partition coefficient (Wildman–Crippen LogP) is 2.75. The molecule has 2 atom stereocenters. The van der Waals surface area contributed by atoms with Gasteiger partial charge in [0.2, 0.25) is 5.95 Å². The number of amides is 1. The fourth-order valence-corrected chi connectivity index (χ4v) is 2.77. The van der Waals surface area contributed by atoms with Crippen LogP contribution in [0.4, 0.5) is 5.95 Å². The average Bonchev–Trinajstić information content (AvgIpc) is 3.14. The number of anilines is 1. The first kappa shape index (κ1) is 16.2. The molecule has 1 aliphatic heterocycles. The third-order valence-corrected chi connectivity index (χ3v) is 4.24. The number of fused-ring (bicyclic) bond motifs is 1. The van der Waals surface area contributed by atoms with Gasteiger partial charge in [0, 0.05) is 18.7 Å². The van der Waals surface area contributed by atoms with Crippen LogP contribution in [0.3, 0.4) is 0 Å². The first-order valence-electron chi connectivity index (χ1n) is 7.70. The summed E-state index contributed by atoms with van der Waals surface area (Å²) in [4.78, 5) is 16.7. The van der Waals surface area contributed by atoms with Gasteiger partial charge >= 0.3 is 0 Å². The standard InChI is InChI=1S/C16H20ClN3O3/c1-10(23-9-12-4-3-7-22-12)15(21)19-16-18-13-8-11(17)5-6-14(13)20(16)2/h5-6,8,10,12H,3-4,7,9H2,1-2H3,(H,18,19,21). The van der Waals surface area contributed by atoms with E-state index in [1.807, 2.05) is 17.7 Å². The Morgan fingerprint density at radius 2 is 2.43 bits per heavy atom. The first-order valence-corrected chi connectivity index (χ1v) is 8.08. The molecule has 1 amide bonds. The fraction of sp³-hybridized carbons (Fsp3) is 0.500. The van der Waals surface area contributed by atoms with Crippen molar-refractivity contribution >= 4 is 34.5 Å². The highest BCUT2D eigenvalue weighted by molar-refractivity contribution is 6.31. The summed E-state index contributed by atoms with van der Waals surface area (Å²) in [6.07, 6.45) is 1.57. The largest absolute Gasteiger partial charge is 0.376 e. The van der Waals surface area contributed by atoms with Crippen LogP contribution < -0.4 is 5.32 Å². The molecule has 0 saturated carbocycles. The van der Waals surface area contributed by atoms with Crippen molar-refractivity contribution in [2.45, 2.75) is 32.0 Å². The maximum absolute atomic E-state index is 12.3. The van der Waals surface area contributed by atoms with E-state index < -0.39 is 6.10 Å². The summed E-state index contributed by atoms with van der Waals surface area (Å²) in [6, 6.07) is 5.44. The number of nitrogens with one attached hydrogen (secondary N) is 1. The molecule has 124 valence electrons. The molecule has 0 radical (unpaired) electrons. The SMILES string of the molecule is CC(OCC1CCCO1)C(=O)Nc1nc2cc(Cl)ccc2n1C. The van der Waals surface area contributed by atoms with Crippen LogP contribution in [0.1, 0.15) is 19.8 Å². The summed E-state index contributed by atoms with van der Waals surface area (Å²) in [7, 11) is 1.84. The number of carbonyl (C=O) groups is 1. The van der Waals surface area contributed by atoms with Crippen LogP contribution in [-0.4, -0.2) is 40.9 Å². The number of hydrogen-bond donors (Lipinski definition) is 1. The second kappa shape index (κ2) is 6.86. The van der Waals surface area contributed by atoms with Gasteiger partial charge in [-0.05, 0) is 38.0 Å². The molecule has 1 aliphatic rings. The van der Waals surface area contributed by atoms with Crippen LogP contribution in [0.2, 0.25) is 5.02 Å². The minimum absolute atomic E-state index is 0.100. The van der Waals surface area contributed by atoms with Crippen molar-refractivity contribution in [2.75, 3.05) is 18.5 Å². The molecule has 1 N–H and O–H groups in total. The normalized spacial score (nSPS) is 19.2. The molecule has 7 heteroatoms. The summed E-state index contributed by atoms with van der Waals surface area (Å²) >= 11 is 5.97. The lowest BCUT2D eigenvalue weighted by Crippen LogP contribution is -2.31. The molecule has 0 bridgehead atoms. The summed E-state index contributed by atoms with van der Waals surface area (Å²) in [5, 5.41) is 3.41. The lowest BCUT2D eigenvalue weighted by atomic mass is 10.2. The molecule has 2 heterocycles. The number of hydrogen-bond acceptors (Lipinski definition) is 4. The van der Waals surface area contributed by atoms with E-state index in [0.29, 0.717) is 17.6 Å². The molecule has 1 aromatic heterocycles. The Kier molecular flexibility index (Phi) is 4.84. The van der Waals surface area contributed by atoms with E-state index in [-0.39, 0.29) is 12.0 Å². The molecule has 1 saturated heterocycles. The monoisotopic (exact) mass is 337 g/mol. The van der Waals surface area contributed by atoms with E-state index >= 15 is 0 Å². The number of halogens is 1. The number of imidazole rings is 1. The molecule has 1 fully saturated rings. The molecular weight excluding hydrogens is 318 g/mol. The summed E-state index contributed by atoms with van der Waals surface area (Å²) in [5.41, 5.74) is 1.64. The molecular formula is C16H20ClN3O3. The van der Waals surface area contributed by atoms with E-state index in [9.17, 15) is 4.79 Å². The molecule has 3 rings (SSSR count). The molecule has 2 aromatic rings. The number of benzene rings is 1. The maximum Gasteiger partial charge on any atom is 0.255 e. The van der Waals surface area contributed by atoms with Crippen molar-refractivity contribution in [3.05, 3.63) is 23.2 Å². The number of nitrogens with zero attached hydrogens (tertiary/aromatic N) is 2. The highest BCUT2D eigenvalue weighted by Crippen LogP contribution is 2.22. The van der Waals surface area contributed by atoms with Crippen molar-refractivity contribution in [3.8, 4) is 0 Å². The summed E-state index contributed by atoms with van der Waals surface area (Å²) in [5.74, 6) is 0.243. The molecule has 6 nitrogen and oxygen atoms in total. The average molecular weight is 338 g/mol. The van der Waals surface area contributed by atoms with Crippen LogP contribution in [0, 0.1) is 0 Å². The Bertz CT molecular complexity index is 710. The highest BCUT2D eigenvalue weighted by atomic mass is 35.5. The van der Waals surface area contributed by atoms with Crippen molar-refractivity contribution in [1.29, 1.82) is 0 Å². The minimum Gasteiger partial charge on any atom is -0.376 e. The van der Waals surface area contributed by atoms with Crippen molar-refractivity contribution in [3.63, 3.8) is 0 Å². The summed E-state index contributed by atoms with van der Waals surface area (Å²) in [6.45, 7) is 2.94. The van der Waals surface area contributed by atoms with Crippen LogP contribution in [0.5, 0.6) is 0 Å². The Labute approximate surface area is 139 Å². The van der Waals surface area contributed by atoms with E-state index in [0.717, 1.165) is 30.5 Å². The number of carbonyl (C=O) groups excluding carboxylic acids is 1. The zero-order valence-corrected chi connectivity index (χ0v) is 14.0. The molecule has 0 aliphatic carbocycles. The number of ether oxygens (including phenoxy) is 2. The third-order valence-electron chi connectivity index (χ3n) is 4.00. The van der Waals surface area contributed by atoms with Crippen LogP contribution in [0.25, 0.3) is 11.0 Å². The Hall–Kier alpha value is -1.63. The highest BCUT2D eigenvalue weighted by Gasteiger charge is 2.21. The van der Waals surface area contributed by atoms with E-state index in [4.69, 9.17) is 21.1 Å². The van der Waals surface area contributed by atoms with Crippen LogP contribution >= 0.6 is 11.6 Å². The zero-order chi connectivity index (χ0) is 16.4. The molecule has 1 aromatic carbocycles. The van der Waals surface area contributed by atoms with Crippen molar-refractivity contribution < 1.29 is 14.3 Å². The van der Waals surface area contributed by atoms with Gasteiger partial charge in [-0.25, -0.2) is 4.98 Å². The second-order valence-electron chi connectivity index (χ2n) is 5.73. The van der Waals surface area contributed by atoms with E-state index in [1.54, 1.807) is 19.1 Å². The second-order valence-corrected chi connectivity index (χ2v) is 6.16. The van der Waals surface area contributed by atoms with Crippen LogP contribution in [0.15, 0.2) is 18.2 Å². The Balaban J connectivity index is 1.63. The van der Waals surface area contributed by atoms with Crippen molar-refractivity contribution in [1.82, 2.24) is 9.55 Å². The minimum atomic E-state index is -0.567. The van der Waals surface area contributed by atoms with Gasteiger partial charge in [0.25, 0.3) is 5.91 Å². The van der Waals surface area contributed by atoms with Gasteiger partial charge in [0.1, 0.15) is 6.10 Å². The lowest BCUT2D eigenvalue weighted by molar-refractivity contribution is -0.128. The molecule has 23 heavy (non-hydrogen) atoms. The number of aromatic nitrogens is 2. The Morgan fingerprint density at radius 1 is 1.61 bits per heavy atom. The van der Waals surface area contributed by atoms with Gasteiger partial charge in [-0.2, -0.15) is 0 Å². The first-order chi connectivity index (χ1) is 11.0. The van der Waals surface area contributed by atoms with Gasteiger partial charge < -0.3 is 14.0 Å². The van der Waals surface area contributed by atoms with E-state index in [2.05, 4.69) is 10.3 Å². The van der Waals surface area contributed by atoms with Gasteiger partial charge in [-0.3, -0.25) is 10.1 Å². The quantitative estimate of drug-likeness (QED) is 0.911. The molecule has 0 spiro atoms. The fourth-order valence-electron chi connectivity index (χ4n) is 2.60. The van der Waals surface area contributed by atoms with Gasteiger partial charge in [0.15, 0.2) is 0 Å². The smallest absolute Gasteiger partial charge is 0.255 e. The van der Waals surface area contributed by atoms with Gasteiger partial charge in [-0.1, -0.05) is 11.6 Å². The topological polar surface area (TPSA) is 65.4 Å². The number of rotatable bonds is 5. The maximum atomic E-state index is 12.3. The lowest BCUT2D eigenvalue weighted by Gasteiger charge is -2.15. The van der Waals surface area contributed by atoms with Gasteiger partial charge in [0.05, 0.1) is 23.7 Å². The van der Waals surface area contributed by atoms with E-state index in [1.165, 1.54) is 0 Å². The van der Waals surface area contributed by atoms with Crippen LogP contribution in [-0.2, 0) is 21.3 Å². The van der Waals surface area contributed by atoms with Crippen molar-refractivity contribution in [2.24, 2.45) is 7.05 Å². The van der Waals surface area contributed by atoms with Gasteiger partial charge in [-0.15, -0.1) is 0 Å². The number of aryl methyl sites for hydroxylation is 1. The predicted molar refractivity (Wildman–Crippen MR) is 88.7 cm³/mol. The molecule has 2 unspecified atom stereocenters. The third kappa shape index (κ3) is 3.65. The Morgan fingerprint density at radius 3 is 3.17 bits per heavy atom. The summed E-state index contributed by atoms with van der Waals surface area (Å²) < 4.78 is 12.9. The zero-order valence-electron chi connectivity index (χ0n) is 13.2.